The Hall–Kier alpha value is -5.88. The molecule has 4 N–H and O–H groups in total. The number of carbonyl (C=O) groups is 2. The maximum absolute atomic E-state index is 15.8. The van der Waals surface area contributed by atoms with Crippen molar-refractivity contribution >= 4 is 22.9 Å². The van der Waals surface area contributed by atoms with E-state index in [9.17, 15) is 9.59 Å². The van der Waals surface area contributed by atoms with Crippen LogP contribution in [0.1, 0.15) is 81.8 Å². The number of aromatic amines is 2. The van der Waals surface area contributed by atoms with E-state index in [4.69, 9.17) is 9.72 Å². The molecule has 3 aromatic heterocycles. The van der Waals surface area contributed by atoms with Gasteiger partial charge in [-0.15, -0.1) is 0 Å². The highest BCUT2D eigenvalue weighted by Gasteiger charge is 2.37. The van der Waals surface area contributed by atoms with E-state index in [0.29, 0.717) is 46.9 Å². The first kappa shape index (κ1) is 35.2. The number of alkyl carbamates (subject to hydrolysis) is 1. The number of benzene rings is 3. The number of aromatic nitrogens is 5. The molecule has 12 heteroatoms. The third-order valence-corrected chi connectivity index (χ3v) is 10.0. The number of imidazole rings is 2. The highest BCUT2D eigenvalue weighted by Crippen LogP contribution is 2.35. The third kappa shape index (κ3) is 7.34. The number of hydrogen-bond donors (Lipinski definition) is 4. The van der Waals surface area contributed by atoms with Crippen LogP contribution in [0.4, 0.5) is 9.18 Å². The van der Waals surface area contributed by atoms with Crippen molar-refractivity contribution in [3.05, 3.63) is 114 Å². The molecular weight excluding hydrogens is 684 g/mol. The molecule has 2 saturated heterocycles. The van der Waals surface area contributed by atoms with E-state index >= 15 is 4.39 Å². The van der Waals surface area contributed by atoms with Gasteiger partial charge in [0.25, 0.3) is 5.91 Å². The van der Waals surface area contributed by atoms with E-state index < -0.39 is 23.6 Å². The van der Waals surface area contributed by atoms with Crippen LogP contribution in [0.2, 0.25) is 0 Å². The van der Waals surface area contributed by atoms with Crippen LogP contribution in [0.3, 0.4) is 0 Å². The minimum Gasteiger partial charge on any atom is -0.444 e. The summed E-state index contributed by atoms with van der Waals surface area (Å²) in [4.78, 5) is 49.5. The van der Waals surface area contributed by atoms with Crippen LogP contribution < -0.4 is 10.6 Å². The Morgan fingerprint density at radius 1 is 0.889 bits per heavy atom. The van der Waals surface area contributed by atoms with E-state index in [2.05, 4.69) is 36.6 Å². The summed E-state index contributed by atoms with van der Waals surface area (Å²) in [6, 6.07) is 23.0. The molecule has 2 fully saturated rings. The Labute approximate surface area is 312 Å². The fraction of sp³-hybridized carbons (Fsp3) is 0.310. The summed E-state index contributed by atoms with van der Waals surface area (Å²) in [5.41, 5.74) is 4.85. The van der Waals surface area contributed by atoms with E-state index in [-0.39, 0.29) is 18.0 Å². The lowest BCUT2D eigenvalue weighted by molar-refractivity contribution is -0.134. The van der Waals surface area contributed by atoms with Crippen molar-refractivity contribution in [1.82, 2.24) is 40.5 Å². The van der Waals surface area contributed by atoms with Gasteiger partial charge < -0.3 is 30.2 Å². The Morgan fingerprint density at radius 3 is 2.37 bits per heavy atom. The van der Waals surface area contributed by atoms with Crippen molar-refractivity contribution in [3.8, 4) is 33.8 Å². The highest BCUT2D eigenvalue weighted by atomic mass is 19.1. The lowest BCUT2D eigenvalue weighted by Gasteiger charge is -2.29. The van der Waals surface area contributed by atoms with Gasteiger partial charge >= 0.3 is 6.09 Å². The number of nitrogens with one attached hydrogen (secondary N) is 4. The lowest BCUT2D eigenvalue weighted by Crippen LogP contribution is -2.44. The minimum absolute atomic E-state index is 0.255. The summed E-state index contributed by atoms with van der Waals surface area (Å²) in [6.45, 7) is 6.84. The quantitative estimate of drug-likeness (QED) is 0.124. The number of carbonyl (C=O) groups excluding carboxylic acids is 2. The van der Waals surface area contributed by atoms with Gasteiger partial charge in [-0.05, 0) is 88.9 Å². The van der Waals surface area contributed by atoms with Gasteiger partial charge in [-0.25, -0.2) is 24.1 Å². The molecular formula is C42H43FN8O3. The smallest absolute Gasteiger partial charge is 0.408 e. The summed E-state index contributed by atoms with van der Waals surface area (Å²) >= 11 is 0. The number of H-pyrrole nitrogens is 2. The van der Waals surface area contributed by atoms with Gasteiger partial charge in [-0.2, -0.15) is 0 Å². The molecule has 3 aromatic carbocycles. The molecule has 2 aliphatic rings. The standard InChI is InChI=1S/C42H43FN8O3/c1-42(2,3)54-41(53)50-37(25-9-5-4-6-10-25)40(52)51-20-8-12-36(51)39-46-24-35(49-39)28-13-16-29(30(43)22-28)32-18-15-26-21-27(14-17-31(26)47-32)34-23-45-38(48-34)33-11-7-19-44-33/h4-6,9-10,13-18,21-24,33,36-37,44H,7-8,11-12,19-20H2,1-3H3,(H,45,48)(H,46,49)(H,50,53)/t33-,36-,37+/m0/s1. The van der Waals surface area contributed by atoms with Crippen LogP contribution in [0.25, 0.3) is 44.7 Å². The first-order valence-corrected chi connectivity index (χ1v) is 18.5. The Balaban J connectivity index is 0.986. The summed E-state index contributed by atoms with van der Waals surface area (Å²) < 4.78 is 21.3. The fourth-order valence-corrected chi connectivity index (χ4v) is 7.40. The molecule has 11 nitrogen and oxygen atoms in total. The molecule has 2 amide bonds. The van der Waals surface area contributed by atoms with Gasteiger partial charge in [0.15, 0.2) is 0 Å². The molecule has 8 rings (SSSR count). The van der Waals surface area contributed by atoms with Crippen molar-refractivity contribution in [2.45, 2.75) is 70.2 Å². The normalized spacial score (nSPS) is 17.9. The predicted molar refractivity (Wildman–Crippen MR) is 205 cm³/mol. The van der Waals surface area contributed by atoms with E-state index in [1.807, 2.05) is 66.9 Å². The number of hydrogen-bond acceptors (Lipinski definition) is 7. The molecule has 3 atom stereocenters. The molecule has 2 aliphatic heterocycles. The van der Waals surface area contributed by atoms with Gasteiger partial charge in [0, 0.05) is 28.6 Å². The average Bonchev–Trinajstić information content (AvgIpc) is 4.00. The first-order valence-electron chi connectivity index (χ1n) is 18.5. The van der Waals surface area contributed by atoms with Crippen molar-refractivity contribution in [3.63, 3.8) is 0 Å². The molecule has 0 spiro atoms. The minimum atomic E-state index is -0.938. The summed E-state index contributed by atoms with van der Waals surface area (Å²) in [7, 11) is 0. The molecule has 0 aliphatic carbocycles. The molecule has 54 heavy (non-hydrogen) atoms. The Morgan fingerprint density at radius 2 is 1.63 bits per heavy atom. The number of fused-ring (bicyclic) bond motifs is 1. The van der Waals surface area contributed by atoms with Crippen molar-refractivity contribution < 1.29 is 18.7 Å². The van der Waals surface area contributed by atoms with E-state index in [1.165, 1.54) is 6.07 Å². The van der Waals surface area contributed by atoms with Gasteiger partial charge in [-0.3, -0.25) is 4.79 Å². The van der Waals surface area contributed by atoms with Crippen molar-refractivity contribution in [2.24, 2.45) is 0 Å². The molecule has 0 bridgehead atoms. The zero-order chi connectivity index (χ0) is 37.4. The molecule has 276 valence electrons. The van der Waals surface area contributed by atoms with Gasteiger partial charge in [0.2, 0.25) is 0 Å². The monoisotopic (exact) mass is 726 g/mol. The zero-order valence-corrected chi connectivity index (χ0v) is 30.5. The number of rotatable bonds is 8. The number of ether oxygens (including phenoxy) is 1. The SMILES string of the molecule is CC(C)(C)OC(=O)N[C@@H](C(=O)N1CCC[C@H]1c1ncc(-c2ccc(-c3ccc4cc(-c5cnc([C@@H]6CCCN6)[nH]5)ccc4n3)c(F)c2)[nH]1)c1ccccc1. The number of nitrogens with zero attached hydrogens (tertiary/aromatic N) is 4. The average molecular weight is 727 g/mol. The molecule has 6 aromatic rings. The van der Waals surface area contributed by atoms with Crippen LogP contribution in [0.15, 0.2) is 91.3 Å². The van der Waals surface area contributed by atoms with Crippen LogP contribution >= 0.6 is 0 Å². The molecule has 0 saturated carbocycles. The largest absolute Gasteiger partial charge is 0.444 e. The maximum atomic E-state index is 15.8. The lowest BCUT2D eigenvalue weighted by atomic mass is 10.0. The molecule has 0 unspecified atom stereocenters. The Kier molecular flexibility index (Phi) is 9.45. The molecule has 0 radical (unpaired) electrons. The van der Waals surface area contributed by atoms with Crippen molar-refractivity contribution in [2.75, 3.05) is 13.1 Å². The topological polar surface area (TPSA) is 141 Å². The van der Waals surface area contributed by atoms with E-state index in [1.54, 1.807) is 37.9 Å². The number of pyridine rings is 1. The number of halogens is 1. The summed E-state index contributed by atoms with van der Waals surface area (Å²) in [5, 5.41) is 7.21. The van der Waals surface area contributed by atoms with Crippen LogP contribution in [-0.2, 0) is 9.53 Å². The summed E-state index contributed by atoms with van der Waals surface area (Å²) in [5.74, 6) is 0.892. The van der Waals surface area contributed by atoms with Crippen LogP contribution in [-0.4, -0.2) is 60.5 Å². The number of likely N-dealkylation sites (tertiary alicyclic amines) is 1. The van der Waals surface area contributed by atoms with Crippen LogP contribution in [0, 0.1) is 5.82 Å². The summed E-state index contributed by atoms with van der Waals surface area (Å²) in [6.07, 6.45) is 6.55. The predicted octanol–water partition coefficient (Wildman–Crippen LogP) is 8.18. The fourth-order valence-electron chi connectivity index (χ4n) is 7.40. The second-order valence-electron chi connectivity index (χ2n) is 15.0. The first-order chi connectivity index (χ1) is 26.1. The highest BCUT2D eigenvalue weighted by molar-refractivity contribution is 5.88. The zero-order valence-electron chi connectivity index (χ0n) is 30.5. The van der Waals surface area contributed by atoms with E-state index in [0.717, 1.165) is 53.8 Å². The second-order valence-corrected chi connectivity index (χ2v) is 15.0. The van der Waals surface area contributed by atoms with Gasteiger partial charge in [0.1, 0.15) is 29.1 Å². The van der Waals surface area contributed by atoms with Gasteiger partial charge in [0.05, 0.1) is 47.1 Å². The third-order valence-electron chi connectivity index (χ3n) is 10.0. The number of amides is 2. The van der Waals surface area contributed by atoms with Gasteiger partial charge in [-0.1, -0.05) is 48.5 Å². The van der Waals surface area contributed by atoms with Crippen LogP contribution in [0.5, 0.6) is 0 Å². The Bertz CT molecular complexity index is 2310. The second kappa shape index (κ2) is 14.5. The molecule has 5 heterocycles. The van der Waals surface area contributed by atoms with Crippen molar-refractivity contribution in [1.29, 1.82) is 0 Å². The maximum Gasteiger partial charge on any atom is 0.408 e.